The molecule has 0 aromatic heterocycles. The molecule has 2 fully saturated rings. The molecule has 1 aromatic carbocycles. The number of hydrogen-bond donors (Lipinski definition) is 1. The molecule has 1 aromatic rings. The van der Waals surface area contributed by atoms with E-state index in [1.54, 1.807) is 11.9 Å². The molecule has 0 heterocycles. The summed E-state index contributed by atoms with van der Waals surface area (Å²) in [5, 5.41) is 2.92. The van der Waals surface area contributed by atoms with Crippen LogP contribution in [0.5, 0.6) is 0 Å². The Morgan fingerprint density at radius 2 is 2.00 bits per heavy atom. The number of nitrogens with one attached hydrogen (secondary N) is 1. The highest BCUT2D eigenvalue weighted by Crippen LogP contribution is 2.49. The SMILES string of the molecule is Cc1cccc(NC(=O)CN(C)C(=O)C[C@@H]2C[C@@H]3CC[C@@H]2C3)c1C. The summed E-state index contributed by atoms with van der Waals surface area (Å²) in [4.78, 5) is 26.3. The topological polar surface area (TPSA) is 49.4 Å². The third-order valence-corrected chi connectivity index (χ3v) is 6.01. The van der Waals surface area contributed by atoms with Crippen LogP contribution >= 0.6 is 0 Å². The molecular formula is C20H28N2O2. The van der Waals surface area contributed by atoms with Crippen LogP contribution in [-0.2, 0) is 9.59 Å². The number of rotatable bonds is 5. The van der Waals surface area contributed by atoms with E-state index in [4.69, 9.17) is 0 Å². The number of carbonyl (C=O) groups is 2. The fraction of sp³-hybridized carbons (Fsp3) is 0.600. The van der Waals surface area contributed by atoms with E-state index >= 15 is 0 Å². The number of likely N-dealkylation sites (N-methyl/N-ethyl adjacent to an activating group) is 1. The van der Waals surface area contributed by atoms with E-state index in [0.717, 1.165) is 28.7 Å². The van der Waals surface area contributed by atoms with Crippen molar-refractivity contribution in [3.05, 3.63) is 29.3 Å². The number of nitrogens with zero attached hydrogens (tertiary/aromatic N) is 1. The van der Waals surface area contributed by atoms with E-state index in [2.05, 4.69) is 5.32 Å². The van der Waals surface area contributed by atoms with Gasteiger partial charge in [0.1, 0.15) is 0 Å². The summed E-state index contributed by atoms with van der Waals surface area (Å²) in [6, 6.07) is 5.86. The zero-order chi connectivity index (χ0) is 17.3. The van der Waals surface area contributed by atoms with Crippen molar-refractivity contribution in [1.82, 2.24) is 4.90 Å². The van der Waals surface area contributed by atoms with Crippen LogP contribution in [0, 0.1) is 31.6 Å². The first-order chi connectivity index (χ1) is 11.4. The van der Waals surface area contributed by atoms with Gasteiger partial charge >= 0.3 is 0 Å². The number of carbonyl (C=O) groups excluding carboxylic acids is 2. The molecule has 0 unspecified atom stereocenters. The molecule has 0 spiro atoms. The number of anilines is 1. The molecular weight excluding hydrogens is 300 g/mol. The molecule has 3 atom stereocenters. The van der Waals surface area contributed by atoms with Crippen LogP contribution in [-0.4, -0.2) is 30.3 Å². The van der Waals surface area contributed by atoms with Gasteiger partial charge in [-0.3, -0.25) is 9.59 Å². The van der Waals surface area contributed by atoms with Crippen molar-refractivity contribution >= 4 is 17.5 Å². The zero-order valence-corrected chi connectivity index (χ0v) is 15.0. The molecule has 24 heavy (non-hydrogen) atoms. The standard InChI is InChI=1S/C20H28N2O2/c1-13-5-4-6-18(14(13)2)21-19(23)12-22(3)20(24)11-17-10-15-7-8-16(17)9-15/h4-6,15-17H,7-12H2,1-3H3,(H,21,23)/t15-,16-,17+/m1/s1. The van der Waals surface area contributed by atoms with Crippen molar-refractivity contribution < 1.29 is 9.59 Å². The van der Waals surface area contributed by atoms with Gasteiger partial charge in [0, 0.05) is 19.2 Å². The average molecular weight is 328 g/mol. The quantitative estimate of drug-likeness (QED) is 0.899. The molecule has 2 aliphatic rings. The molecule has 0 aliphatic heterocycles. The van der Waals surface area contributed by atoms with Gasteiger partial charge in [0.05, 0.1) is 6.54 Å². The third-order valence-electron chi connectivity index (χ3n) is 6.01. The van der Waals surface area contributed by atoms with Crippen LogP contribution in [0.25, 0.3) is 0 Å². The Kier molecular flexibility index (Phi) is 4.93. The number of fused-ring (bicyclic) bond motifs is 2. The first-order valence-corrected chi connectivity index (χ1v) is 9.04. The van der Waals surface area contributed by atoms with E-state index in [9.17, 15) is 9.59 Å². The molecule has 2 bridgehead atoms. The average Bonchev–Trinajstić information content (AvgIpc) is 3.14. The summed E-state index contributed by atoms with van der Waals surface area (Å²) in [6.07, 6.45) is 5.77. The normalized spacial score (nSPS) is 24.9. The van der Waals surface area contributed by atoms with E-state index in [1.807, 2.05) is 32.0 Å². The first kappa shape index (κ1) is 17.0. The highest BCUT2D eigenvalue weighted by atomic mass is 16.2. The van der Waals surface area contributed by atoms with Crippen LogP contribution in [0.1, 0.15) is 43.2 Å². The summed E-state index contributed by atoms with van der Waals surface area (Å²) >= 11 is 0. The molecule has 3 rings (SSSR count). The molecule has 130 valence electrons. The Morgan fingerprint density at radius 3 is 2.67 bits per heavy atom. The van der Waals surface area contributed by atoms with Gasteiger partial charge in [-0.1, -0.05) is 18.6 Å². The van der Waals surface area contributed by atoms with Crippen molar-refractivity contribution in [1.29, 1.82) is 0 Å². The van der Waals surface area contributed by atoms with Crippen LogP contribution in [0.15, 0.2) is 18.2 Å². The van der Waals surface area contributed by atoms with Crippen molar-refractivity contribution in [3.8, 4) is 0 Å². The largest absolute Gasteiger partial charge is 0.336 e. The second-order valence-corrected chi connectivity index (χ2v) is 7.68. The number of hydrogen-bond acceptors (Lipinski definition) is 2. The Bertz CT molecular complexity index is 641. The summed E-state index contributed by atoms with van der Waals surface area (Å²) in [7, 11) is 1.73. The number of amides is 2. The van der Waals surface area contributed by atoms with Crippen molar-refractivity contribution in [2.24, 2.45) is 17.8 Å². The fourth-order valence-corrected chi connectivity index (χ4v) is 4.39. The van der Waals surface area contributed by atoms with Gasteiger partial charge in [0.25, 0.3) is 0 Å². The number of benzene rings is 1. The zero-order valence-electron chi connectivity index (χ0n) is 15.0. The van der Waals surface area contributed by atoms with E-state index in [0.29, 0.717) is 12.3 Å². The second kappa shape index (κ2) is 6.96. The Balaban J connectivity index is 1.50. The van der Waals surface area contributed by atoms with Gasteiger partial charge in [-0.15, -0.1) is 0 Å². The molecule has 0 saturated heterocycles. The lowest BCUT2D eigenvalue weighted by molar-refractivity contribution is -0.134. The number of aryl methyl sites for hydroxylation is 1. The summed E-state index contributed by atoms with van der Waals surface area (Å²) < 4.78 is 0. The molecule has 2 amide bonds. The molecule has 2 aliphatic carbocycles. The smallest absolute Gasteiger partial charge is 0.243 e. The minimum atomic E-state index is -0.132. The second-order valence-electron chi connectivity index (χ2n) is 7.68. The lowest BCUT2D eigenvalue weighted by atomic mass is 9.86. The Labute approximate surface area is 144 Å². The maximum atomic E-state index is 12.4. The lowest BCUT2D eigenvalue weighted by Gasteiger charge is -2.24. The fourth-order valence-electron chi connectivity index (χ4n) is 4.39. The Morgan fingerprint density at radius 1 is 1.21 bits per heavy atom. The minimum Gasteiger partial charge on any atom is -0.336 e. The van der Waals surface area contributed by atoms with Gasteiger partial charge in [-0.2, -0.15) is 0 Å². The van der Waals surface area contributed by atoms with Crippen LogP contribution in [0.3, 0.4) is 0 Å². The summed E-state index contributed by atoms with van der Waals surface area (Å²) in [5.41, 5.74) is 3.05. The molecule has 4 heteroatoms. The summed E-state index contributed by atoms with van der Waals surface area (Å²) in [5.74, 6) is 2.11. The first-order valence-electron chi connectivity index (χ1n) is 9.04. The van der Waals surface area contributed by atoms with Gasteiger partial charge < -0.3 is 10.2 Å². The highest BCUT2D eigenvalue weighted by Gasteiger charge is 2.40. The maximum absolute atomic E-state index is 12.4. The highest BCUT2D eigenvalue weighted by molar-refractivity contribution is 5.95. The van der Waals surface area contributed by atoms with Crippen LogP contribution in [0.4, 0.5) is 5.69 Å². The predicted octanol–water partition coefficient (Wildman–Crippen LogP) is 3.53. The monoisotopic (exact) mass is 328 g/mol. The molecule has 4 nitrogen and oxygen atoms in total. The van der Waals surface area contributed by atoms with Gasteiger partial charge in [0.2, 0.25) is 11.8 Å². The minimum absolute atomic E-state index is 0.101. The lowest BCUT2D eigenvalue weighted by Crippen LogP contribution is -2.36. The van der Waals surface area contributed by atoms with E-state index < -0.39 is 0 Å². The van der Waals surface area contributed by atoms with Crippen molar-refractivity contribution in [3.63, 3.8) is 0 Å². The maximum Gasteiger partial charge on any atom is 0.243 e. The predicted molar refractivity (Wildman–Crippen MR) is 95.7 cm³/mol. The van der Waals surface area contributed by atoms with Gasteiger partial charge in [-0.05, 0) is 68.1 Å². The van der Waals surface area contributed by atoms with E-state index in [-0.39, 0.29) is 18.4 Å². The molecule has 0 radical (unpaired) electrons. The summed E-state index contributed by atoms with van der Waals surface area (Å²) in [6.45, 7) is 4.14. The van der Waals surface area contributed by atoms with E-state index in [1.165, 1.54) is 25.7 Å². The van der Waals surface area contributed by atoms with Crippen LogP contribution < -0.4 is 5.32 Å². The van der Waals surface area contributed by atoms with Gasteiger partial charge in [-0.25, -0.2) is 0 Å². The third kappa shape index (κ3) is 3.63. The van der Waals surface area contributed by atoms with Gasteiger partial charge in [0.15, 0.2) is 0 Å². The molecule has 2 saturated carbocycles. The van der Waals surface area contributed by atoms with Crippen molar-refractivity contribution in [2.75, 3.05) is 18.9 Å². The molecule has 1 N–H and O–H groups in total. The van der Waals surface area contributed by atoms with Crippen molar-refractivity contribution in [2.45, 2.75) is 46.0 Å². The van der Waals surface area contributed by atoms with Crippen LogP contribution in [0.2, 0.25) is 0 Å². The Hall–Kier alpha value is -1.84.